The molecule has 14 heavy (non-hydrogen) atoms. The van der Waals surface area contributed by atoms with E-state index in [2.05, 4.69) is 0 Å². The van der Waals surface area contributed by atoms with Gasteiger partial charge in [-0.25, -0.2) is 0 Å². The molecule has 1 unspecified atom stereocenters. The van der Waals surface area contributed by atoms with Gasteiger partial charge in [-0.3, -0.25) is 4.79 Å². The number of carboxylic acid groups (broad SMARTS) is 1. The van der Waals surface area contributed by atoms with Crippen molar-refractivity contribution in [1.29, 1.82) is 0 Å². The summed E-state index contributed by atoms with van der Waals surface area (Å²) in [5, 5.41) is 8.77. The first-order valence-electron chi connectivity index (χ1n) is 4.19. The van der Waals surface area contributed by atoms with Crippen LogP contribution in [0.1, 0.15) is 17.2 Å². The van der Waals surface area contributed by atoms with E-state index in [9.17, 15) is 4.79 Å². The van der Waals surface area contributed by atoms with E-state index in [1.165, 1.54) is 7.11 Å². The van der Waals surface area contributed by atoms with Crippen molar-refractivity contribution in [2.75, 3.05) is 7.11 Å². The van der Waals surface area contributed by atoms with Crippen LogP contribution in [0.3, 0.4) is 0 Å². The van der Waals surface area contributed by atoms with Crippen LogP contribution >= 0.6 is 0 Å². The minimum atomic E-state index is -1.06. The lowest BCUT2D eigenvalue weighted by atomic mass is 10.0. The maximum Gasteiger partial charge on any atom is 0.325 e. The molecule has 4 nitrogen and oxygen atoms in total. The third-order valence-electron chi connectivity index (χ3n) is 1.99. The quantitative estimate of drug-likeness (QED) is 0.757. The lowest BCUT2D eigenvalue weighted by Gasteiger charge is -2.12. The Morgan fingerprint density at radius 1 is 1.57 bits per heavy atom. The third kappa shape index (κ3) is 2.03. The Labute approximate surface area is 82.3 Å². The predicted molar refractivity (Wildman–Crippen MR) is 52.3 cm³/mol. The highest BCUT2D eigenvalue weighted by molar-refractivity contribution is 5.76. The van der Waals surface area contributed by atoms with Crippen molar-refractivity contribution in [1.82, 2.24) is 0 Å². The zero-order chi connectivity index (χ0) is 10.7. The molecule has 0 spiro atoms. The van der Waals surface area contributed by atoms with Gasteiger partial charge < -0.3 is 15.6 Å². The van der Waals surface area contributed by atoms with Crippen LogP contribution in [0.4, 0.5) is 0 Å². The Morgan fingerprint density at radius 3 is 2.71 bits per heavy atom. The highest BCUT2D eigenvalue weighted by Gasteiger charge is 2.18. The largest absolute Gasteiger partial charge is 0.496 e. The van der Waals surface area contributed by atoms with E-state index in [-0.39, 0.29) is 0 Å². The normalized spacial score (nSPS) is 12.2. The highest BCUT2D eigenvalue weighted by Crippen LogP contribution is 2.24. The first-order valence-corrected chi connectivity index (χ1v) is 4.19. The topological polar surface area (TPSA) is 72.5 Å². The lowest BCUT2D eigenvalue weighted by Crippen LogP contribution is -2.21. The number of methoxy groups -OCH3 is 1. The van der Waals surface area contributed by atoms with Gasteiger partial charge in [0.2, 0.25) is 0 Å². The van der Waals surface area contributed by atoms with Gasteiger partial charge in [-0.1, -0.05) is 17.7 Å². The van der Waals surface area contributed by atoms with Gasteiger partial charge in [-0.15, -0.1) is 0 Å². The van der Waals surface area contributed by atoms with Crippen LogP contribution in [0.5, 0.6) is 5.75 Å². The van der Waals surface area contributed by atoms with E-state index in [1.807, 2.05) is 13.0 Å². The van der Waals surface area contributed by atoms with E-state index < -0.39 is 12.0 Å². The Balaban J connectivity index is 3.16. The molecule has 0 heterocycles. The monoisotopic (exact) mass is 195 g/mol. The van der Waals surface area contributed by atoms with Crippen molar-refractivity contribution >= 4 is 5.97 Å². The summed E-state index contributed by atoms with van der Waals surface area (Å²) in [6.07, 6.45) is 0. The van der Waals surface area contributed by atoms with Crippen LogP contribution in [-0.4, -0.2) is 18.2 Å². The molecule has 0 aliphatic rings. The van der Waals surface area contributed by atoms with Crippen LogP contribution in [0.25, 0.3) is 0 Å². The van der Waals surface area contributed by atoms with Crippen molar-refractivity contribution in [3.05, 3.63) is 29.3 Å². The zero-order valence-electron chi connectivity index (χ0n) is 8.15. The van der Waals surface area contributed by atoms with Gasteiger partial charge in [0.05, 0.1) is 7.11 Å². The molecule has 0 radical (unpaired) electrons. The van der Waals surface area contributed by atoms with Crippen LogP contribution in [0.15, 0.2) is 18.2 Å². The summed E-state index contributed by atoms with van der Waals surface area (Å²) in [4.78, 5) is 10.7. The van der Waals surface area contributed by atoms with Crippen molar-refractivity contribution < 1.29 is 14.6 Å². The Kier molecular flexibility index (Phi) is 3.09. The van der Waals surface area contributed by atoms with Crippen LogP contribution in [-0.2, 0) is 4.79 Å². The molecule has 0 bridgehead atoms. The number of rotatable bonds is 3. The Bertz CT molecular complexity index is 349. The number of nitrogens with two attached hydrogens (primary N) is 1. The molecule has 1 rings (SSSR count). The molecular weight excluding hydrogens is 182 g/mol. The van der Waals surface area contributed by atoms with Gasteiger partial charge in [-0.2, -0.15) is 0 Å². The number of aryl methyl sites for hydroxylation is 1. The fourth-order valence-corrected chi connectivity index (χ4v) is 1.23. The van der Waals surface area contributed by atoms with Gasteiger partial charge in [-0.05, 0) is 13.0 Å². The van der Waals surface area contributed by atoms with Crippen LogP contribution < -0.4 is 10.5 Å². The average molecular weight is 195 g/mol. The fraction of sp³-hybridized carbons (Fsp3) is 0.300. The smallest absolute Gasteiger partial charge is 0.325 e. The molecule has 0 fully saturated rings. The molecule has 1 atom stereocenters. The summed E-state index contributed by atoms with van der Waals surface area (Å²) < 4.78 is 5.03. The van der Waals surface area contributed by atoms with Gasteiger partial charge in [0.15, 0.2) is 0 Å². The second-order valence-corrected chi connectivity index (χ2v) is 3.06. The summed E-state index contributed by atoms with van der Waals surface area (Å²) in [7, 11) is 1.49. The second kappa shape index (κ2) is 4.11. The minimum Gasteiger partial charge on any atom is -0.496 e. The lowest BCUT2D eigenvalue weighted by molar-refractivity contribution is -0.138. The summed E-state index contributed by atoms with van der Waals surface area (Å²) in [6.45, 7) is 1.87. The molecule has 1 aromatic carbocycles. The molecule has 0 aliphatic carbocycles. The Hall–Kier alpha value is -1.55. The number of aliphatic carboxylic acids is 1. The maximum atomic E-state index is 10.7. The number of carboxylic acids is 1. The van der Waals surface area contributed by atoms with E-state index in [0.717, 1.165) is 5.56 Å². The summed E-state index contributed by atoms with van der Waals surface area (Å²) in [5.74, 6) is -0.556. The molecule has 0 saturated heterocycles. The Morgan fingerprint density at radius 2 is 2.21 bits per heavy atom. The third-order valence-corrected chi connectivity index (χ3v) is 1.99. The molecular formula is C10H13NO3. The molecule has 0 aromatic heterocycles. The molecule has 0 saturated carbocycles. The van der Waals surface area contributed by atoms with E-state index in [4.69, 9.17) is 15.6 Å². The van der Waals surface area contributed by atoms with E-state index in [0.29, 0.717) is 11.3 Å². The molecule has 3 N–H and O–H groups in total. The maximum absolute atomic E-state index is 10.7. The molecule has 1 aromatic rings. The first-order chi connectivity index (χ1) is 6.56. The summed E-state index contributed by atoms with van der Waals surface area (Å²) in [6, 6.07) is 4.24. The van der Waals surface area contributed by atoms with Crippen molar-refractivity contribution in [3.8, 4) is 5.75 Å². The van der Waals surface area contributed by atoms with Gasteiger partial charge in [0, 0.05) is 5.56 Å². The first kappa shape index (κ1) is 10.5. The van der Waals surface area contributed by atoms with Gasteiger partial charge >= 0.3 is 5.97 Å². The minimum absolute atomic E-state index is 0.500. The fourth-order valence-electron chi connectivity index (χ4n) is 1.23. The van der Waals surface area contributed by atoms with Crippen LogP contribution in [0, 0.1) is 6.92 Å². The van der Waals surface area contributed by atoms with E-state index in [1.54, 1.807) is 12.1 Å². The summed E-state index contributed by atoms with van der Waals surface area (Å²) in [5.41, 5.74) is 6.96. The van der Waals surface area contributed by atoms with Crippen molar-refractivity contribution in [3.63, 3.8) is 0 Å². The van der Waals surface area contributed by atoms with E-state index >= 15 is 0 Å². The zero-order valence-corrected chi connectivity index (χ0v) is 8.15. The predicted octanol–water partition coefficient (Wildman–Crippen LogP) is 1.09. The standard InChI is InChI=1S/C10H13NO3/c1-6-3-4-8(14-2)7(5-6)9(11)10(12)13/h3-5,9H,11H2,1-2H3,(H,12,13). The molecule has 76 valence electrons. The molecule has 0 aliphatic heterocycles. The van der Waals surface area contributed by atoms with Gasteiger partial charge in [0.1, 0.15) is 11.8 Å². The van der Waals surface area contributed by atoms with Gasteiger partial charge in [0.25, 0.3) is 0 Å². The average Bonchev–Trinajstić information content (AvgIpc) is 2.16. The molecule has 0 amide bonds. The van der Waals surface area contributed by atoms with Crippen molar-refractivity contribution in [2.45, 2.75) is 13.0 Å². The molecule has 4 heteroatoms. The highest BCUT2D eigenvalue weighted by atomic mass is 16.5. The van der Waals surface area contributed by atoms with Crippen LogP contribution in [0.2, 0.25) is 0 Å². The number of benzene rings is 1. The number of hydrogen-bond donors (Lipinski definition) is 2. The summed E-state index contributed by atoms with van der Waals surface area (Å²) >= 11 is 0. The SMILES string of the molecule is COc1ccc(C)cc1C(N)C(=O)O. The number of carbonyl (C=O) groups is 1. The number of ether oxygens (including phenoxy) is 1. The number of hydrogen-bond acceptors (Lipinski definition) is 3. The second-order valence-electron chi connectivity index (χ2n) is 3.06. The van der Waals surface area contributed by atoms with Crippen molar-refractivity contribution in [2.24, 2.45) is 5.73 Å².